The van der Waals surface area contributed by atoms with Gasteiger partial charge in [0.25, 0.3) is 5.24 Å². The number of nitrogens with one attached hydrogen (secondary N) is 2. The number of hydrogen-bond acceptors (Lipinski definition) is 4. The van der Waals surface area contributed by atoms with E-state index in [-0.39, 0.29) is 22.3 Å². The van der Waals surface area contributed by atoms with Gasteiger partial charge >= 0.3 is 0 Å². The van der Waals surface area contributed by atoms with E-state index in [1.807, 2.05) is 19.1 Å². The van der Waals surface area contributed by atoms with E-state index in [2.05, 4.69) is 21.9 Å². The molecule has 0 bridgehead atoms. The number of rotatable bonds is 2. The predicted molar refractivity (Wildman–Crippen MR) is 96.5 cm³/mol. The fraction of sp³-hybridized carbons (Fsp3) is 0.500. The predicted octanol–water partition coefficient (Wildman–Crippen LogP) is 3.85. The first-order chi connectivity index (χ1) is 11.6. The molecule has 0 radical (unpaired) electrons. The van der Waals surface area contributed by atoms with Crippen molar-refractivity contribution in [1.29, 1.82) is 0 Å². The first-order valence-electron chi connectivity index (χ1n) is 8.63. The summed E-state index contributed by atoms with van der Waals surface area (Å²) in [4.78, 5) is 24.0. The average molecular weight is 343 g/mol. The number of amides is 2. The largest absolute Gasteiger partial charge is 0.325 e. The van der Waals surface area contributed by atoms with Crippen molar-refractivity contribution in [2.24, 2.45) is 11.0 Å². The van der Waals surface area contributed by atoms with Gasteiger partial charge in [-0.15, -0.1) is 0 Å². The Kier molecular flexibility index (Phi) is 4.08. The normalized spacial score (nSPS) is 27.3. The maximum absolute atomic E-state index is 12.5. The minimum absolute atomic E-state index is 0.00925. The number of carbonyl (C=O) groups is 2. The van der Waals surface area contributed by atoms with E-state index in [1.165, 1.54) is 31.0 Å². The molecule has 4 rings (SSSR count). The Balaban J connectivity index is 1.68. The Hall–Kier alpha value is -1.82. The highest BCUT2D eigenvalue weighted by molar-refractivity contribution is 8.14. The summed E-state index contributed by atoms with van der Waals surface area (Å²) in [5.74, 6) is 0.535. The van der Waals surface area contributed by atoms with Crippen LogP contribution in [-0.2, 0) is 4.79 Å². The molecule has 2 aliphatic heterocycles. The number of hydrogen-bond donors (Lipinski definition) is 2. The highest BCUT2D eigenvalue weighted by Gasteiger charge is 2.37. The molecule has 0 spiro atoms. The summed E-state index contributed by atoms with van der Waals surface area (Å²) in [5.41, 5.74) is 6.43. The molecule has 1 aliphatic carbocycles. The quantitative estimate of drug-likeness (QED) is 0.857. The number of hydrazone groups is 1. The van der Waals surface area contributed by atoms with Crippen LogP contribution in [0.1, 0.15) is 56.1 Å². The second-order valence-corrected chi connectivity index (χ2v) is 8.14. The second kappa shape index (κ2) is 6.24. The molecule has 1 aromatic carbocycles. The molecular weight excluding hydrogens is 322 g/mol. The third kappa shape index (κ3) is 2.73. The Bertz CT molecular complexity index is 725. The van der Waals surface area contributed by atoms with Gasteiger partial charge in [-0.3, -0.25) is 9.59 Å². The van der Waals surface area contributed by atoms with Gasteiger partial charge in [0.15, 0.2) is 0 Å². The number of benzene rings is 1. The topological polar surface area (TPSA) is 70.6 Å². The number of nitrogens with zero attached hydrogens (tertiary/aromatic N) is 1. The number of anilines is 1. The number of fused-ring (bicyclic) bond motifs is 1. The summed E-state index contributed by atoms with van der Waals surface area (Å²) >= 11 is 1.24. The van der Waals surface area contributed by atoms with E-state index in [4.69, 9.17) is 0 Å². The van der Waals surface area contributed by atoms with Crippen molar-refractivity contribution in [2.45, 2.75) is 50.2 Å². The van der Waals surface area contributed by atoms with Gasteiger partial charge in [-0.2, -0.15) is 5.10 Å². The van der Waals surface area contributed by atoms with Crippen molar-refractivity contribution in [2.75, 3.05) is 5.32 Å². The van der Waals surface area contributed by atoms with Crippen molar-refractivity contribution in [3.05, 3.63) is 29.3 Å². The zero-order valence-corrected chi connectivity index (χ0v) is 14.5. The summed E-state index contributed by atoms with van der Waals surface area (Å²) < 4.78 is 0. The van der Waals surface area contributed by atoms with Crippen molar-refractivity contribution < 1.29 is 9.59 Å². The third-order valence-electron chi connectivity index (χ3n) is 5.28. The Labute approximate surface area is 145 Å². The first-order valence-corrected chi connectivity index (χ1v) is 9.51. The van der Waals surface area contributed by atoms with Crippen molar-refractivity contribution in [3.63, 3.8) is 0 Å². The lowest BCUT2D eigenvalue weighted by atomic mass is 9.77. The van der Waals surface area contributed by atoms with Crippen LogP contribution in [-0.4, -0.2) is 22.1 Å². The van der Waals surface area contributed by atoms with Gasteiger partial charge in [0, 0.05) is 5.69 Å². The lowest BCUT2D eigenvalue weighted by Gasteiger charge is -2.26. The van der Waals surface area contributed by atoms with Crippen LogP contribution in [0.25, 0.3) is 0 Å². The third-order valence-corrected chi connectivity index (χ3v) is 6.16. The van der Waals surface area contributed by atoms with Crippen LogP contribution in [0.15, 0.2) is 23.3 Å². The van der Waals surface area contributed by atoms with E-state index in [9.17, 15) is 9.59 Å². The lowest BCUT2D eigenvalue weighted by molar-refractivity contribution is -0.118. The molecule has 126 valence electrons. The van der Waals surface area contributed by atoms with Crippen molar-refractivity contribution >= 4 is 34.3 Å². The maximum atomic E-state index is 12.5. The maximum Gasteiger partial charge on any atom is 0.299 e. The average Bonchev–Trinajstić information content (AvgIpc) is 2.90. The van der Waals surface area contributed by atoms with E-state index in [1.54, 1.807) is 0 Å². The Morgan fingerprint density at radius 2 is 1.96 bits per heavy atom. The van der Waals surface area contributed by atoms with Crippen LogP contribution in [0.2, 0.25) is 0 Å². The molecule has 2 atom stereocenters. The molecule has 2 heterocycles. The zero-order chi connectivity index (χ0) is 16.7. The highest BCUT2D eigenvalue weighted by Crippen LogP contribution is 2.43. The van der Waals surface area contributed by atoms with Crippen LogP contribution < -0.4 is 10.7 Å². The van der Waals surface area contributed by atoms with Gasteiger partial charge in [-0.05, 0) is 48.9 Å². The fourth-order valence-corrected chi connectivity index (χ4v) is 4.84. The smallest absolute Gasteiger partial charge is 0.299 e. The molecule has 0 aromatic heterocycles. The fourth-order valence-electron chi connectivity index (χ4n) is 4.12. The Morgan fingerprint density at radius 3 is 2.71 bits per heavy atom. The number of thioether (sulfide) groups is 1. The molecule has 1 saturated carbocycles. The van der Waals surface area contributed by atoms with Gasteiger partial charge in [0.05, 0.1) is 16.9 Å². The van der Waals surface area contributed by atoms with E-state index in [0.29, 0.717) is 5.92 Å². The molecule has 5 nitrogen and oxygen atoms in total. The van der Waals surface area contributed by atoms with E-state index < -0.39 is 0 Å². The SMILES string of the molecule is CC1SC(=O)NN=C1c1ccc2c(c1)C(C1CCCCC1)C(=O)N2. The van der Waals surface area contributed by atoms with Gasteiger partial charge < -0.3 is 5.32 Å². The van der Waals surface area contributed by atoms with Gasteiger partial charge in [-0.25, -0.2) is 5.43 Å². The van der Waals surface area contributed by atoms with Gasteiger partial charge in [-0.1, -0.05) is 37.1 Å². The molecule has 2 N–H and O–H groups in total. The Morgan fingerprint density at radius 1 is 1.17 bits per heavy atom. The standard InChI is InChI=1S/C18H21N3O2S/c1-10-16(20-21-18(23)24-10)12-7-8-14-13(9-12)15(17(22)19-14)11-5-3-2-4-6-11/h7-11,15H,2-6H2,1H3,(H,19,22)(H,21,23). The van der Waals surface area contributed by atoms with E-state index >= 15 is 0 Å². The summed E-state index contributed by atoms with van der Waals surface area (Å²) in [6.45, 7) is 1.98. The summed E-state index contributed by atoms with van der Waals surface area (Å²) in [7, 11) is 0. The van der Waals surface area contributed by atoms with Gasteiger partial charge in [0.1, 0.15) is 0 Å². The van der Waals surface area contributed by atoms with Crippen LogP contribution in [0.3, 0.4) is 0 Å². The van der Waals surface area contributed by atoms with E-state index in [0.717, 1.165) is 35.4 Å². The first kappa shape index (κ1) is 15.7. The molecule has 2 unspecified atom stereocenters. The molecule has 2 amide bonds. The zero-order valence-electron chi connectivity index (χ0n) is 13.7. The summed E-state index contributed by atoms with van der Waals surface area (Å²) in [6.07, 6.45) is 5.98. The van der Waals surface area contributed by atoms with Crippen LogP contribution in [0.4, 0.5) is 10.5 Å². The monoisotopic (exact) mass is 343 g/mol. The molecule has 3 aliphatic rings. The molecule has 6 heteroatoms. The van der Waals surface area contributed by atoms with Crippen LogP contribution in [0.5, 0.6) is 0 Å². The highest BCUT2D eigenvalue weighted by atomic mass is 32.2. The minimum atomic E-state index is -0.121. The van der Waals surface area contributed by atoms with Crippen molar-refractivity contribution in [1.82, 2.24) is 5.43 Å². The van der Waals surface area contributed by atoms with Crippen LogP contribution >= 0.6 is 11.8 Å². The van der Waals surface area contributed by atoms with Gasteiger partial charge in [0.2, 0.25) is 5.91 Å². The molecular formula is C18H21N3O2S. The lowest BCUT2D eigenvalue weighted by Crippen LogP contribution is -2.30. The molecule has 0 saturated heterocycles. The number of carbonyl (C=O) groups excluding carboxylic acids is 2. The molecule has 24 heavy (non-hydrogen) atoms. The summed E-state index contributed by atoms with van der Waals surface area (Å²) in [6, 6.07) is 6.05. The van der Waals surface area contributed by atoms with Crippen molar-refractivity contribution in [3.8, 4) is 0 Å². The summed E-state index contributed by atoms with van der Waals surface area (Å²) in [5, 5.41) is 7.16. The van der Waals surface area contributed by atoms with Crippen LogP contribution in [0, 0.1) is 5.92 Å². The minimum Gasteiger partial charge on any atom is -0.325 e. The molecule has 1 fully saturated rings. The second-order valence-electron chi connectivity index (χ2n) is 6.82. The molecule has 1 aromatic rings.